The SMILES string of the molecule is C#CCOc1ccc(/C=C(\Sc2nnc(CC)o2)C(=O)O)cc1OC. The highest BCUT2D eigenvalue weighted by Gasteiger charge is 2.15. The van der Waals surface area contributed by atoms with Crippen molar-refractivity contribution in [1.29, 1.82) is 0 Å². The molecular formula is C17H16N2O5S. The van der Waals surface area contributed by atoms with Crippen LogP contribution >= 0.6 is 11.8 Å². The number of aliphatic carboxylic acids is 1. The fourth-order valence-corrected chi connectivity index (χ4v) is 2.51. The standard InChI is InChI=1S/C17H16N2O5S/c1-4-8-23-12-7-6-11(9-13(12)22-3)10-14(16(20)21)25-17-19-18-15(5-2)24-17/h1,6-7,9-10H,5,8H2,2-3H3,(H,20,21)/b14-10-. The molecule has 0 atom stereocenters. The summed E-state index contributed by atoms with van der Waals surface area (Å²) in [4.78, 5) is 11.5. The predicted octanol–water partition coefficient (Wildman–Crippen LogP) is 2.87. The Morgan fingerprint density at radius 1 is 1.44 bits per heavy atom. The van der Waals surface area contributed by atoms with Crippen molar-refractivity contribution < 1.29 is 23.8 Å². The molecular weight excluding hydrogens is 344 g/mol. The third kappa shape index (κ3) is 5.02. The summed E-state index contributed by atoms with van der Waals surface area (Å²) in [6, 6.07) is 5.01. The van der Waals surface area contributed by atoms with Gasteiger partial charge in [-0.1, -0.05) is 18.9 Å². The number of methoxy groups -OCH3 is 1. The lowest BCUT2D eigenvalue weighted by Gasteiger charge is -2.09. The highest BCUT2D eigenvalue weighted by Crippen LogP contribution is 2.32. The van der Waals surface area contributed by atoms with Crippen LogP contribution in [-0.4, -0.2) is 35.0 Å². The second kappa shape index (κ2) is 8.80. The minimum absolute atomic E-state index is 0.0330. The molecule has 0 saturated heterocycles. The van der Waals surface area contributed by atoms with Crippen molar-refractivity contribution in [3.05, 3.63) is 34.6 Å². The van der Waals surface area contributed by atoms with Crippen LogP contribution in [-0.2, 0) is 11.2 Å². The van der Waals surface area contributed by atoms with E-state index >= 15 is 0 Å². The normalized spacial score (nSPS) is 11.0. The predicted molar refractivity (Wildman–Crippen MR) is 92.5 cm³/mol. The van der Waals surface area contributed by atoms with Gasteiger partial charge < -0.3 is 19.0 Å². The summed E-state index contributed by atoms with van der Waals surface area (Å²) in [5, 5.41) is 17.2. The van der Waals surface area contributed by atoms with E-state index in [1.807, 2.05) is 6.92 Å². The minimum Gasteiger partial charge on any atom is -0.493 e. The molecule has 2 rings (SSSR count). The van der Waals surface area contributed by atoms with Crippen LogP contribution in [0.25, 0.3) is 6.08 Å². The Morgan fingerprint density at radius 3 is 2.84 bits per heavy atom. The number of carboxylic acid groups (broad SMARTS) is 1. The Bertz CT molecular complexity index is 823. The lowest BCUT2D eigenvalue weighted by molar-refractivity contribution is -0.131. The minimum atomic E-state index is -1.10. The van der Waals surface area contributed by atoms with Crippen molar-refractivity contribution in [2.45, 2.75) is 18.6 Å². The molecule has 0 aliphatic heterocycles. The van der Waals surface area contributed by atoms with Crippen LogP contribution in [0.15, 0.2) is 32.7 Å². The number of hydrogen-bond donors (Lipinski definition) is 1. The number of rotatable bonds is 8. The molecule has 0 bridgehead atoms. The van der Waals surface area contributed by atoms with Gasteiger partial charge in [-0.2, -0.15) is 0 Å². The summed E-state index contributed by atoms with van der Waals surface area (Å²) in [6.45, 7) is 1.98. The molecule has 130 valence electrons. The first-order valence-corrected chi connectivity index (χ1v) is 8.08. The van der Waals surface area contributed by atoms with Crippen molar-refractivity contribution in [3.8, 4) is 23.8 Å². The van der Waals surface area contributed by atoms with Gasteiger partial charge in [-0.15, -0.1) is 16.6 Å². The summed E-state index contributed by atoms with van der Waals surface area (Å²) >= 11 is 0.882. The van der Waals surface area contributed by atoms with Crippen molar-refractivity contribution in [1.82, 2.24) is 10.2 Å². The van der Waals surface area contributed by atoms with Gasteiger partial charge in [-0.3, -0.25) is 0 Å². The van der Waals surface area contributed by atoms with E-state index in [1.165, 1.54) is 13.2 Å². The van der Waals surface area contributed by atoms with Crippen LogP contribution in [0.1, 0.15) is 18.4 Å². The van der Waals surface area contributed by atoms with Crippen molar-refractivity contribution >= 4 is 23.8 Å². The molecule has 1 aromatic heterocycles. The zero-order valence-corrected chi connectivity index (χ0v) is 14.5. The number of terminal acetylenes is 1. The summed E-state index contributed by atoms with van der Waals surface area (Å²) < 4.78 is 15.9. The van der Waals surface area contributed by atoms with Crippen LogP contribution in [0.5, 0.6) is 11.5 Å². The molecule has 0 spiro atoms. The third-order valence-electron chi connectivity index (χ3n) is 2.96. The third-order valence-corrected chi connectivity index (χ3v) is 3.81. The fourth-order valence-electron chi connectivity index (χ4n) is 1.82. The average molecular weight is 360 g/mol. The number of ether oxygens (including phenoxy) is 2. The van der Waals surface area contributed by atoms with E-state index in [0.29, 0.717) is 29.4 Å². The highest BCUT2D eigenvalue weighted by molar-refractivity contribution is 8.03. The molecule has 25 heavy (non-hydrogen) atoms. The van der Waals surface area contributed by atoms with Gasteiger partial charge in [0.2, 0.25) is 5.89 Å². The summed E-state index contributed by atoms with van der Waals surface area (Å²) in [6.07, 6.45) is 7.23. The number of benzene rings is 1. The van der Waals surface area contributed by atoms with E-state index in [0.717, 1.165) is 11.8 Å². The quantitative estimate of drug-likeness (QED) is 0.436. The summed E-state index contributed by atoms with van der Waals surface area (Å²) in [5.74, 6) is 2.64. The van der Waals surface area contributed by atoms with Gasteiger partial charge in [0.15, 0.2) is 11.5 Å². The lowest BCUT2D eigenvalue weighted by atomic mass is 10.2. The van der Waals surface area contributed by atoms with Crippen molar-refractivity contribution in [3.63, 3.8) is 0 Å². The zero-order valence-electron chi connectivity index (χ0n) is 13.7. The van der Waals surface area contributed by atoms with E-state index in [2.05, 4.69) is 16.1 Å². The zero-order chi connectivity index (χ0) is 18.2. The van der Waals surface area contributed by atoms with Crippen LogP contribution in [0.2, 0.25) is 0 Å². The van der Waals surface area contributed by atoms with E-state index < -0.39 is 5.97 Å². The van der Waals surface area contributed by atoms with Crippen LogP contribution in [0, 0.1) is 12.3 Å². The van der Waals surface area contributed by atoms with Gasteiger partial charge in [0.05, 0.1) is 7.11 Å². The average Bonchev–Trinajstić information content (AvgIpc) is 3.07. The maximum Gasteiger partial charge on any atom is 0.342 e. The first-order valence-electron chi connectivity index (χ1n) is 7.26. The first-order chi connectivity index (χ1) is 12.1. The second-order valence-electron chi connectivity index (χ2n) is 4.63. The van der Waals surface area contributed by atoms with Crippen molar-refractivity contribution in [2.24, 2.45) is 0 Å². The molecule has 8 heteroatoms. The van der Waals surface area contributed by atoms with Crippen molar-refractivity contribution in [2.75, 3.05) is 13.7 Å². The van der Waals surface area contributed by atoms with E-state index in [4.69, 9.17) is 20.3 Å². The van der Waals surface area contributed by atoms with E-state index in [9.17, 15) is 9.90 Å². The van der Waals surface area contributed by atoms with Gasteiger partial charge in [0, 0.05) is 6.42 Å². The molecule has 0 radical (unpaired) electrons. The Morgan fingerprint density at radius 2 is 2.24 bits per heavy atom. The van der Waals surface area contributed by atoms with E-state index in [1.54, 1.807) is 18.2 Å². The van der Waals surface area contributed by atoms with Crippen LogP contribution < -0.4 is 9.47 Å². The smallest absolute Gasteiger partial charge is 0.342 e. The highest BCUT2D eigenvalue weighted by atomic mass is 32.2. The van der Waals surface area contributed by atoms with Gasteiger partial charge in [0.1, 0.15) is 11.5 Å². The molecule has 0 amide bonds. The summed E-state index contributed by atoms with van der Waals surface area (Å²) in [7, 11) is 1.49. The molecule has 0 saturated carbocycles. The van der Waals surface area contributed by atoms with Crippen LogP contribution in [0.4, 0.5) is 0 Å². The molecule has 2 aromatic rings. The monoisotopic (exact) mass is 360 g/mol. The first kappa shape index (κ1) is 18.4. The number of nitrogens with zero attached hydrogens (tertiary/aromatic N) is 2. The van der Waals surface area contributed by atoms with Gasteiger partial charge in [-0.25, -0.2) is 4.79 Å². The molecule has 0 aliphatic rings. The fraction of sp³-hybridized carbons (Fsp3) is 0.235. The Kier molecular flexibility index (Phi) is 6.48. The molecule has 7 nitrogen and oxygen atoms in total. The summed E-state index contributed by atoms with van der Waals surface area (Å²) in [5.41, 5.74) is 0.616. The molecule has 0 fully saturated rings. The maximum atomic E-state index is 11.5. The van der Waals surface area contributed by atoms with Gasteiger partial charge in [-0.05, 0) is 35.5 Å². The maximum absolute atomic E-state index is 11.5. The number of hydrogen-bond acceptors (Lipinski definition) is 7. The van der Waals surface area contributed by atoms with Gasteiger partial charge >= 0.3 is 5.97 Å². The molecule has 1 heterocycles. The van der Waals surface area contributed by atoms with Crippen LogP contribution in [0.3, 0.4) is 0 Å². The number of aromatic nitrogens is 2. The molecule has 0 unspecified atom stereocenters. The molecule has 1 N–H and O–H groups in total. The Balaban J connectivity index is 2.27. The van der Waals surface area contributed by atoms with Gasteiger partial charge in [0.25, 0.3) is 5.22 Å². The molecule has 0 aliphatic carbocycles. The number of aryl methyl sites for hydroxylation is 1. The second-order valence-corrected chi connectivity index (χ2v) is 5.63. The number of carboxylic acids is 1. The van der Waals surface area contributed by atoms with E-state index in [-0.39, 0.29) is 16.7 Å². The topological polar surface area (TPSA) is 94.7 Å². The lowest BCUT2D eigenvalue weighted by Crippen LogP contribution is -1.98. The largest absolute Gasteiger partial charge is 0.493 e. The Labute approximate surface area is 149 Å². The molecule has 1 aromatic carbocycles. The Hall–Kier alpha value is -2.92. The number of thioether (sulfide) groups is 1. The number of carbonyl (C=O) groups is 1.